The first-order valence-electron chi connectivity index (χ1n) is 5.56. The van der Waals surface area contributed by atoms with Crippen LogP contribution < -0.4 is 5.32 Å². The van der Waals surface area contributed by atoms with Gasteiger partial charge in [0.1, 0.15) is 0 Å². The van der Waals surface area contributed by atoms with Crippen LogP contribution in [0.5, 0.6) is 0 Å². The number of hydrogen-bond acceptors (Lipinski definition) is 3. The molecule has 6 heteroatoms. The Morgan fingerprint density at radius 2 is 2.33 bits per heavy atom. The van der Waals surface area contributed by atoms with Crippen LogP contribution in [0.3, 0.4) is 0 Å². The van der Waals surface area contributed by atoms with Crippen molar-refractivity contribution in [1.29, 1.82) is 0 Å². The molecule has 1 amide bonds. The third-order valence-corrected chi connectivity index (χ3v) is 3.97. The molecule has 2 aromatic rings. The van der Waals surface area contributed by atoms with E-state index in [2.05, 4.69) is 38.2 Å². The molecule has 18 heavy (non-hydrogen) atoms. The highest BCUT2D eigenvalue weighted by Gasteiger charge is 2.10. The largest absolute Gasteiger partial charge is 0.350 e. The molecule has 1 aromatic heterocycles. The predicted molar refractivity (Wildman–Crippen MR) is 76.3 cm³/mol. The van der Waals surface area contributed by atoms with Crippen LogP contribution in [0.15, 0.2) is 30.6 Å². The number of amides is 1. The third-order valence-electron chi connectivity index (χ3n) is 2.53. The number of carbonyl (C=O) groups excluding carboxylic acids is 1. The second-order valence-corrected chi connectivity index (χ2v) is 4.94. The van der Waals surface area contributed by atoms with Crippen molar-refractivity contribution in [2.45, 2.75) is 13.5 Å². The zero-order chi connectivity index (χ0) is 13.0. The van der Waals surface area contributed by atoms with E-state index in [1.54, 1.807) is 17.1 Å². The van der Waals surface area contributed by atoms with Crippen LogP contribution in [0.25, 0.3) is 0 Å². The number of aryl methyl sites for hydroxylation is 1. The van der Waals surface area contributed by atoms with Gasteiger partial charge in [-0.1, -0.05) is 17.3 Å². The fourth-order valence-electron chi connectivity index (χ4n) is 1.55. The summed E-state index contributed by atoms with van der Waals surface area (Å²) in [6.45, 7) is 3.15. The summed E-state index contributed by atoms with van der Waals surface area (Å²) in [5, 5.41) is 10.4. The highest BCUT2D eigenvalue weighted by molar-refractivity contribution is 14.1. The fourth-order valence-corrected chi connectivity index (χ4v) is 2.16. The lowest BCUT2D eigenvalue weighted by Crippen LogP contribution is -2.28. The van der Waals surface area contributed by atoms with E-state index in [1.165, 1.54) is 0 Å². The van der Waals surface area contributed by atoms with E-state index in [0.29, 0.717) is 18.7 Å². The highest BCUT2D eigenvalue weighted by atomic mass is 127. The molecule has 0 bridgehead atoms. The summed E-state index contributed by atoms with van der Waals surface area (Å²) in [5.74, 6) is -0.0526. The number of nitrogens with zero attached hydrogens (tertiary/aromatic N) is 3. The van der Waals surface area contributed by atoms with Crippen LogP contribution in [0.2, 0.25) is 0 Å². The number of benzene rings is 1. The zero-order valence-electron chi connectivity index (χ0n) is 9.93. The number of hydrogen-bond donors (Lipinski definition) is 1. The lowest BCUT2D eigenvalue weighted by atomic mass is 10.1. The Labute approximate surface area is 119 Å². The fraction of sp³-hybridized carbons (Fsp3) is 0.250. The summed E-state index contributed by atoms with van der Waals surface area (Å²) in [6, 6.07) is 5.72. The minimum Gasteiger partial charge on any atom is -0.350 e. The smallest absolute Gasteiger partial charge is 0.252 e. The van der Waals surface area contributed by atoms with Crippen molar-refractivity contribution in [1.82, 2.24) is 20.3 Å². The van der Waals surface area contributed by atoms with Crippen molar-refractivity contribution >= 4 is 28.5 Å². The van der Waals surface area contributed by atoms with Gasteiger partial charge >= 0.3 is 0 Å². The molecular weight excluding hydrogens is 343 g/mol. The Morgan fingerprint density at radius 3 is 3.06 bits per heavy atom. The molecule has 0 unspecified atom stereocenters. The first-order chi connectivity index (χ1) is 8.68. The summed E-state index contributed by atoms with van der Waals surface area (Å²) in [6.07, 6.45) is 3.38. The van der Waals surface area contributed by atoms with E-state index in [0.717, 1.165) is 9.13 Å². The predicted octanol–water partition coefficient (Wildman–Crippen LogP) is 1.62. The monoisotopic (exact) mass is 356 g/mol. The molecule has 0 fully saturated rings. The Balaban J connectivity index is 1.93. The molecule has 1 N–H and O–H groups in total. The maximum atomic E-state index is 12.0. The zero-order valence-corrected chi connectivity index (χ0v) is 12.1. The summed E-state index contributed by atoms with van der Waals surface area (Å²) in [4.78, 5) is 12.0. The minimum atomic E-state index is -0.0526. The van der Waals surface area contributed by atoms with Gasteiger partial charge in [0.2, 0.25) is 0 Å². The second kappa shape index (κ2) is 5.94. The number of nitrogens with one attached hydrogen (secondary N) is 1. The standard InChI is InChI=1S/C12H13IN4O/c1-9-3-2-4-10(11(9)13)12(18)14-5-7-17-8-6-15-16-17/h2-4,6,8H,5,7H2,1H3,(H,14,18). The van der Waals surface area contributed by atoms with Gasteiger partial charge in [-0.25, -0.2) is 0 Å². The van der Waals surface area contributed by atoms with Crippen molar-refractivity contribution in [2.24, 2.45) is 0 Å². The molecule has 0 saturated heterocycles. The molecule has 0 aliphatic rings. The van der Waals surface area contributed by atoms with Crippen molar-refractivity contribution in [3.05, 3.63) is 45.3 Å². The van der Waals surface area contributed by atoms with Crippen LogP contribution >= 0.6 is 22.6 Å². The average Bonchev–Trinajstić information content (AvgIpc) is 2.85. The van der Waals surface area contributed by atoms with Gasteiger partial charge in [0, 0.05) is 16.3 Å². The highest BCUT2D eigenvalue weighted by Crippen LogP contribution is 2.16. The van der Waals surface area contributed by atoms with E-state index in [-0.39, 0.29) is 5.91 Å². The Bertz CT molecular complexity index is 539. The molecule has 94 valence electrons. The van der Waals surface area contributed by atoms with E-state index in [1.807, 2.05) is 25.1 Å². The first-order valence-corrected chi connectivity index (χ1v) is 6.64. The van der Waals surface area contributed by atoms with E-state index in [4.69, 9.17) is 0 Å². The molecule has 1 aromatic carbocycles. The molecule has 0 aliphatic carbocycles. The Hall–Kier alpha value is -1.44. The SMILES string of the molecule is Cc1cccc(C(=O)NCCn2ccnn2)c1I. The lowest BCUT2D eigenvalue weighted by molar-refractivity contribution is 0.0951. The minimum absolute atomic E-state index is 0.0526. The number of aromatic nitrogens is 3. The number of carbonyl (C=O) groups is 1. The van der Waals surface area contributed by atoms with Crippen LogP contribution in [0.1, 0.15) is 15.9 Å². The molecular formula is C12H13IN4O. The molecule has 5 nitrogen and oxygen atoms in total. The summed E-state index contributed by atoms with van der Waals surface area (Å²) < 4.78 is 2.68. The van der Waals surface area contributed by atoms with Gasteiger partial charge in [-0.05, 0) is 41.1 Å². The van der Waals surface area contributed by atoms with Crippen molar-refractivity contribution in [2.75, 3.05) is 6.54 Å². The van der Waals surface area contributed by atoms with E-state index < -0.39 is 0 Å². The molecule has 0 aliphatic heterocycles. The Morgan fingerprint density at radius 1 is 1.50 bits per heavy atom. The van der Waals surface area contributed by atoms with Gasteiger partial charge in [0.15, 0.2) is 0 Å². The normalized spacial score (nSPS) is 10.3. The van der Waals surface area contributed by atoms with Gasteiger partial charge in [-0.3, -0.25) is 9.48 Å². The van der Waals surface area contributed by atoms with E-state index >= 15 is 0 Å². The summed E-state index contributed by atoms with van der Waals surface area (Å²) in [5.41, 5.74) is 1.83. The second-order valence-electron chi connectivity index (χ2n) is 3.86. The maximum absolute atomic E-state index is 12.0. The van der Waals surface area contributed by atoms with Gasteiger partial charge in [-0.2, -0.15) is 0 Å². The van der Waals surface area contributed by atoms with Crippen molar-refractivity contribution in [3.8, 4) is 0 Å². The quantitative estimate of drug-likeness (QED) is 0.847. The van der Waals surface area contributed by atoms with Gasteiger partial charge < -0.3 is 5.32 Å². The molecule has 0 radical (unpaired) electrons. The summed E-state index contributed by atoms with van der Waals surface area (Å²) >= 11 is 2.19. The molecule has 2 rings (SSSR count). The van der Waals surface area contributed by atoms with Gasteiger partial charge in [-0.15, -0.1) is 5.10 Å². The third kappa shape index (κ3) is 3.06. The van der Waals surface area contributed by atoms with Crippen LogP contribution in [-0.4, -0.2) is 27.4 Å². The van der Waals surface area contributed by atoms with Crippen molar-refractivity contribution in [3.63, 3.8) is 0 Å². The summed E-state index contributed by atoms with van der Waals surface area (Å²) in [7, 11) is 0. The molecule has 0 spiro atoms. The topological polar surface area (TPSA) is 59.8 Å². The average molecular weight is 356 g/mol. The van der Waals surface area contributed by atoms with E-state index in [9.17, 15) is 4.79 Å². The first kappa shape index (κ1) is 13.0. The molecule has 1 heterocycles. The molecule has 0 atom stereocenters. The number of halogens is 1. The maximum Gasteiger partial charge on any atom is 0.252 e. The Kier molecular flexibility index (Phi) is 4.29. The van der Waals surface area contributed by atoms with Crippen LogP contribution in [-0.2, 0) is 6.54 Å². The van der Waals surface area contributed by atoms with Gasteiger partial charge in [0.05, 0.1) is 18.3 Å². The van der Waals surface area contributed by atoms with Crippen molar-refractivity contribution < 1.29 is 4.79 Å². The van der Waals surface area contributed by atoms with Crippen LogP contribution in [0, 0.1) is 10.5 Å². The lowest BCUT2D eigenvalue weighted by Gasteiger charge is -2.08. The van der Waals surface area contributed by atoms with Gasteiger partial charge in [0.25, 0.3) is 5.91 Å². The van der Waals surface area contributed by atoms with Crippen LogP contribution in [0.4, 0.5) is 0 Å². The molecule has 0 saturated carbocycles. The number of rotatable bonds is 4.